The van der Waals surface area contributed by atoms with Crippen LogP contribution in [0.25, 0.3) is 0 Å². The monoisotopic (exact) mass is 274 g/mol. The Balaban J connectivity index is 2.06. The van der Waals surface area contributed by atoms with Gasteiger partial charge in [0.25, 0.3) is 0 Å². The zero-order chi connectivity index (χ0) is 14.5. The zero-order valence-corrected chi connectivity index (χ0v) is 12.1. The molecular weight excluding hydrogens is 252 g/mol. The Kier molecular flexibility index (Phi) is 4.77. The third kappa shape index (κ3) is 3.18. The van der Waals surface area contributed by atoms with E-state index in [1.54, 1.807) is 4.90 Å². The lowest BCUT2D eigenvalue weighted by Crippen LogP contribution is -2.53. The van der Waals surface area contributed by atoms with Crippen LogP contribution in [0.15, 0.2) is 30.3 Å². The molecule has 1 N–H and O–H groups in total. The van der Waals surface area contributed by atoms with Crippen molar-refractivity contribution in [2.45, 2.75) is 39.2 Å². The first-order chi connectivity index (χ1) is 9.63. The van der Waals surface area contributed by atoms with Gasteiger partial charge in [0.05, 0.1) is 0 Å². The Morgan fingerprint density at radius 1 is 1.40 bits per heavy atom. The Morgan fingerprint density at radius 3 is 2.75 bits per heavy atom. The van der Waals surface area contributed by atoms with Gasteiger partial charge in [-0.1, -0.05) is 32.0 Å². The average molecular weight is 274 g/mol. The lowest BCUT2D eigenvalue weighted by Gasteiger charge is -2.33. The first-order valence-electron chi connectivity index (χ1n) is 7.30. The smallest absolute Gasteiger partial charge is 0.249 e. The van der Waals surface area contributed by atoms with Gasteiger partial charge >= 0.3 is 0 Å². The molecule has 0 saturated carbocycles. The summed E-state index contributed by atoms with van der Waals surface area (Å²) in [6, 6.07) is 9.24. The number of benzene rings is 1. The summed E-state index contributed by atoms with van der Waals surface area (Å²) < 4.78 is 0. The molecule has 0 bridgehead atoms. The maximum absolute atomic E-state index is 12.5. The lowest BCUT2D eigenvalue weighted by atomic mass is 10.0. The van der Waals surface area contributed by atoms with Gasteiger partial charge in [-0.05, 0) is 31.4 Å². The number of carbonyl (C=O) groups excluding carboxylic acids is 2. The van der Waals surface area contributed by atoms with Gasteiger partial charge in [0.15, 0.2) is 0 Å². The minimum atomic E-state index is -0.384. The molecule has 1 aromatic carbocycles. The molecule has 1 saturated heterocycles. The van der Waals surface area contributed by atoms with Crippen LogP contribution >= 0.6 is 0 Å². The van der Waals surface area contributed by atoms with Crippen LogP contribution in [-0.2, 0) is 9.59 Å². The minimum absolute atomic E-state index is 0.000830. The van der Waals surface area contributed by atoms with Crippen molar-refractivity contribution in [1.82, 2.24) is 5.32 Å². The predicted octanol–water partition coefficient (Wildman–Crippen LogP) is 2.34. The molecule has 4 nitrogen and oxygen atoms in total. The third-order valence-corrected chi connectivity index (χ3v) is 3.88. The van der Waals surface area contributed by atoms with Gasteiger partial charge in [-0.3, -0.25) is 9.59 Å². The van der Waals surface area contributed by atoms with Crippen LogP contribution in [0.2, 0.25) is 0 Å². The van der Waals surface area contributed by atoms with Crippen molar-refractivity contribution < 1.29 is 9.59 Å². The number of carbonyl (C=O) groups is 2. The Labute approximate surface area is 120 Å². The number of anilines is 1. The quantitative estimate of drug-likeness (QED) is 0.916. The molecule has 0 radical (unpaired) electrons. The molecule has 1 fully saturated rings. The summed E-state index contributed by atoms with van der Waals surface area (Å²) >= 11 is 0. The molecule has 4 heteroatoms. The van der Waals surface area contributed by atoms with E-state index in [1.165, 1.54) is 0 Å². The maximum Gasteiger partial charge on any atom is 0.249 e. The van der Waals surface area contributed by atoms with Crippen LogP contribution in [0, 0.1) is 5.92 Å². The van der Waals surface area contributed by atoms with E-state index in [0.29, 0.717) is 0 Å². The van der Waals surface area contributed by atoms with E-state index in [2.05, 4.69) is 5.32 Å². The van der Waals surface area contributed by atoms with Crippen molar-refractivity contribution in [2.75, 3.05) is 11.4 Å². The second-order valence-electron chi connectivity index (χ2n) is 5.34. The fourth-order valence-corrected chi connectivity index (χ4v) is 2.37. The molecule has 0 aliphatic carbocycles. The first kappa shape index (κ1) is 14.6. The van der Waals surface area contributed by atoms with Crippen LogP contribution in [-0.4, -0.2) is 24.4 Å². The van der Waals surface area contributed by atoms with E-state index in [-0.39, 0.29) is 23.8 Å². The van der Waals surface area contributed by atoms with Gasteiger partial charge in [-0.2, -0.15) is 0 Å². The highest BCUT2D eigenvalue weighted by Gasteiger charge is 2.31. The Hall–Kier alpha value is -1.84. The van der Waals surface area contributed by atoms with Crippen molar-refractivity contribution in [2.24, 2.45) is 5.92 Å². The summed E-state index contributed by atoms with van der Waals surface area (Å²) in [5, 5.41) is 2.89. The number of piperidine rings is 1. The van der Waals surface area contributed by atoms with Crippen LogP contribution in [0.1, 0.15) is 33.1 Å². The van der Waals surface area contributed by atoms with Crippen LogP contribution in [0.3, 0.4) is 0 Å². The first-order valence-corrected chi connectivity index (χ1v) is 7.30. The molecule has 2 unspecified atom stereocenters. The van der Waals surface area contributed by atoms with E-state index in [9.17, 15) is 9.59 Å². The number of nitrogens with one attached hydrogen (secondary N) is 1. The number of para-hydroxylation sites is 1. The van der Waals surface area contributed by atoms with Crippen molar-refractivity contribution in [3.63, 3.8) is 0 Å². The van der Waals surface area contributed by atoms with Crippen molar-refractivity contribution in [1.29, 1.82) is 0 Å². The average Bonchev–Trinajstić information content (AvgIpc) is 2.49. The summed E-state index contributed by atoms with van der Waals surface area (Å²) in [5.41, 5.74) is 0.903. The SMILES string of the molecule is CCC(C)C(=O)NC1CCCN(c2ccccc2)C1=O. The van der Waals surface area contributed by atoms with E-state index < -0.39 is 0 Å². The summed E-state index contributed by atoms with van der Waals surface area (Å²) in [5.74, 6) is -0.0743. The van der Waals surface area contributed by atoms with Gasteiger partial charge in [-0.25, -0.2) is 0 Å². The molecule has 108 valence electrons. The highest BCUT2D eigenvalue weighted by atomic mass is 16.2. The van der Waals surface area contributed by atoms with E-state index >= 15 is 0 Å². The lowest BCUT2D eigenvalue weighted by molar-refractivity contribution is -0.130. The Morgan fingerprint density at radius 2 is 2.10 bits per heavy atom. The fraction of sp³-hybridized carbons (Fsp3) is 0.500. The summed E-state index contributed by atoms with van der Waals surface area (Å²) in [6.07, 6.45) is 2.42. The van der Waals surface area contributed by atoms with Crippen molar-refractivity contribution in [3.8, 4) is 0 Å². The van der Waals surface area contributed by atoms with Crippen LogP contribution in [0.4, 0.5) is 5.69 Å². The van der Waals surface area contributed by atoms with E-state index in [0.717, 1.165) is 31.5 Å². The second kappa shape index (κ2) is 6.55. The molecule has 20 heavy (non-hydrogen) atoms. The topological polar surface area (TPSA) is 49.4 Å². The summed E-state index contributed by atoms with van der Waals surface area (Å²) in [7, 11) is 0. The second-order valence-corrected chi connectivity index (χ2v) is 5.34. The third-order valence-electron chi connectivity index (χ3n) is 3.88. The Bertz CT molecular complexity index is 473. The number of nitrogens with zero attached hydrogens (tertiary/aromatic N) is 1. The largest absolute Gasteiger partial charge is 0.344 e. The molecule has 2 amide bonds. The molecule has 0 aromatic heterocycles. The molecule has 0 spiro atoms. The molecule has 2 rings (SSSR count). The molecule has 1 heterocycles. The zero-order valence-electron chi connectivity index (χ0n) is 12.1. The van der Waals surface area contributed by atoms with Gasteiger partial charge < -0.3 is 10.2 Å². The number of amides is 2. The minimum Gasteiger partial charge on any atom is -0.344 e. The molecule has 2 atom stereocenters. The van der Waals surface area contributed by atoms with Crippen molar-refractivity contribution in [3.05, 3.63) is 30.3 Å². The number of hydrogen-bond donors (Lipinski definition) is 1. The van der Waals surface area contributed by atoms with Crippen molar-refractivity contribution >= 4 is 17.5 Å². The maximum atomic E-state index is 12.5. The predicted molar refractivity (Wildman–Crippen MR) is 79.4 cm³/mol. The van der Waals surface area contributed by atoms with Gasteiger partial charge in [0.1, 0.15) is 6.04 Å². The number of rotatable bonds is 4. The van der Waals surface area contributed by atoms with Gasteiger partial charge in [-0.15, -0.1) is 0 Å². The van der Waals surface area contributed by atoms with E-state index in [4.69, 9.17) is 0 Å². The summed E-state index contributed by atoms with van der Waals surface area (Å²) in [4.78, 5) is 26.2. The van der Waals surface area contributed by atoms with Crippen LogP contribution < -0.4 is 10.2 Å². The fourth-order valence-electron chi connectivity index (χ4n) is 2.37. The normalized spacial score (nSPS) is 20.6. The van der Waals surface area contributed by atoms with Crippen LogP contribution in [0.5, 0.6) is 0 Å². The molecule has 1 aliphatic heterocycles. The molecular formula is C16H22N2O2. The summed E-state index contributed by atoms with van der Waals surface area (Å²) in [6.45, 7) is 4.58. The molecule has 1 aliphatic rings. The molecule has 1 aromatic rings. The number of hydrogen-bond acceptors (Lipinski definition) is 2. The highest BCUT2D eigenvalue weighted by Crippen LogP contribution is 2.21. The van der Waals surface area contributed by atoms with Gasteiger partial charge in [0.2, 0.25) is 11.8 Å². The van der Waals surface area contributed by atoms with Gasteiger partial charge in [0, 0.05) is 18.2 Å². The highest BCUT2D eigenvalue weighted by molar-refractivity contribution is 6.00. The van der Waals surface area contributed by atoms with E-state index in [1.807, 2.05) is 44.2 Å². The standard InChI is InChI=1S/C16H22N2O2/c1-3-12(2)15(19)17-14-10-7-11-18(16(14)20)13-8-5-4-6-9-13/h4-6,8-9,12,14H,3,7,10-11H2,1-2H3,(H,17,19).